The molecule has 0 radical (unpaired) electrons. The summed E-state index contributed by atoms with van der Waals surface area (Å²) in [5.41, 5.74) is 4.10. The SMILES string of the molecule is CN1CCN(c2cnn3cc(-c4cnn(C)c4)ncc23)CC1. The highest BCUT2D eigenvalue weighted by molar-refractivity contribution is 5.73. The van der Waals surface area contributed by atoms with Gasteiger partial charge in [0, 0.05) is 45.0 Å². The zero-order valence-corrected chi connectivity index (χ0v) is 12.8. The molecule has 0 spiro atoms. The van der Waals surface area contributed by atoms with E-state index >= 15 is 0 Å². The van der Waals surface area contributed by atoms with Crippen LogP contribution in [0.15, 0.2) is 31.0 Å². The van der Waals surface area contributed by atoms with Crippen LogP contribution >= 0.6 is 0 Å². The number of hydrogen-bond acceptors (Lipinski definition) is 5. The molecule has 22 heavy (non-hydrogen) atoms. The van der Waals surface area contributed by atoms with Crippen molar-refractivity contribution in [1.82, 2.24) is 29.3 Å². The van der Waals surface area contributed by atoms with E-state index in [4.69, 9.17) is 0 Å². The number of nitrogens with zero attached hydrogens (tertiary/aromatic N) is 7. The maximum absolute atomic E-state index is 4.58. The van der Waals surface area contributed by atoms with E-state index in [-0.39, 0.29) is 0 Å². The number of aryl methyl sites for hydroxylation is 1. The van der Waals surface area contributed by atoms with Crippen molar-refractivity contribution in [2.24, 2.45) is 7.05 Å². The summed E-state index contributed by atoms with van der Waals surface area (Å²) in [5, 5.41) is 8.69. The van der Waals surface area contributed by atoms with Crippen molar-refractivity contribution in [2.75, 3.05) is 38.1 Å². The topological polar surface area (TPSA) is 54.5 Å². The molecule has 1 saturated heterocycles. The molecule has 0 aromatic carbocycles. The predicted octanol–water partition coefficient (Wildman–Crippen LogP) is 0.882. The summed E-state index contributed by atoms with van der Waals surface area (Å²) in [4.78, 5) is 9.31. The average Bonchev–Trinajstić information content (AvgIpc) is 3.14. The second-order valence-electron chi connectivity index (χ2n) is 5.83. The molecule has 1 aliphatic heterocycles. The Kier molecular flexibility index (Phi) is 3.07. The number of hydrogen-bond donors (Lipinski definition) is 0. The molecule has 4 rings (SSSR count). The fourth-order valence-corrected chi connectivity index (χ4v) is 2.86. The second-order valence-corrected chi connectivity index (χ2v) is 5.83. The van der Waals surface area contributed by atoms with Crippen molar-refractivity contribution < 1.29 is 0 Å². The third-order valence-corrected chi connectivity index (χ3v) is 4.23. The molecule has 114 valence electrons. The molecule has 7 heteroatoms. The Morgan fingerprint density at radius 2 is 1.73 bits per heavy atom. The van der Waals surface area contributed by atoms with Crippen LogP contribution in [-0.2, 0) is 7.05 Å². The van der Waals surface area contributed by atoms with Crippen molar-refractivity contribution in [3.63, 3.8) is 0 Å². The zero-order chi connectivity index (χ0) is 15.1. The summed E-state index contributed by atoms with van der Waals surface area (Å²) < 4.78 is 3.68. The number of piperazine rings is 1. The lowest BCUT2D eigenvalue weighted by Crippen LogP contribution is -2.44. The molecule has 1 aliphatic rings. The van der Waals surface area contributed by atoms with Crippen molar-refractivity contribution in [1.29, 1.82) is 0 Å². The van der Waals surface area contributed by atoms with Crippen LogP contribution in [0.3, 0.4) is 0 Å². The molecule has 0 saturated carbocycles. The van der Waals surface area contributed by atoms with Gasteiger partial charge >= 0.3 is 0 Å². The Bertz CT molecular complexity index is 795. The monoisotopic (exact) mass is 297 g/mol. The minimum atomic E-state index is 0.883. The van der Waals surface area contributed by atoms with Gasteiger partial charge in [-0.1, -0.05) is 0 Å². The number of likely N-dealkylation sites (N-methyl/N-ethyl adjacent to an activating group) is 1. The minimum Gasteiger partial charge on any atom is -0.366 e. The van der Waals surface area contributed by atoms with Crippen LogP contribution in [0.1, 0.15) is 0 Å². The third kappa shape index (κ3) is 2.23. The summed E-state index contributed by atoms with van der Waals surface area (Å²) in [6.07, 6.45) is 9.59. The van der Waals surface area contributed by atoms with Gasteiger partial charge in [-0.15, -0.1) is 0 Å². The van der Waals surface area contributed by atoms with Gasteiger partial charge in [0.25, 0.3) is 0 Å². The number of rotatable bonds is 2. The van der Waals surface area contributed by atoms with E-state index in [9.17, 15) is 0 Å². The van der Waals surface area contributed by atoms with Gasteiger partial charge in [-0.25, -0.2) is 4.52 Å². The van der Waals surface area contributed by atoms with E-state index in [1.165, 1.54) is 5.69 Å². The van der Waals surface area contributed by atoms with Crippen molar-refractivity contribution >= 4 is 11.2 Å². The fraction of sp³-hybridized carbons (Fsp3) is 0.400. The smallest absolute Gasteiger partial charge is 0.108 e. The highest BCUT2D eigenvalue weighted by atomic mass is 15.3. The van der Waals surface area contributed by atoms with Gasteiger partial charge in [0.05, 0.1) is 36.2 Å². The number of aromatic nitrogens is 5. The lowest BCUT2D eigenvalue weighted by Gasteiger charge is -2.33. The zero-order valence-electron chi connectivity index (χ0n) is 12.8. The molecule has 4 heterocycles. The van der Waals surface area contributed by atoms with Crippen molar-refractivity contribution in [3.05, 3.63) is 31.0 Å². The molecule has 0 N–H and O–H groups in total. The molecule has 3 aromatic rings. The Balaban J connectivity index is 1.68. The van der Waals surface area contributed by atoms with Crippen LogP contribution in [0.4, 0.5) is 5.69 Å². The van der Waals surface area contributed by atoms with Crippen molar-refractivity contribution in [3.8, 4) is 11.3 Å². The average molecular weight is 297 g/mol. The quantitative estimate of drug-likeness (QED) is 0.703. The molecule has 7 nitrogen and oxygen atoms in total. The fourth-order valence-electron chi connectivity index (χ4n) is 2.86. The molecule has 1 fully saturated rings. The first-order valence-corrected chi connectivity index (χ1v) is 7.46. The lowest BCUT2D eigenvalue weighted by atomic mass is 10.2. The van der Waals surface area contributed by atoms with Gasteiger partial charge in [-0.05, 0) is 7.05 Å². The predicted molar refractivity (Wildman–Crippen MR) is 84.9 cm³/mol. The summed E-state index contributed by atoms with van der Waals surface area (Å²) in [6, 6.07) is 0. The second kappa shape index (κ2) is 5.10. The van der Waals surface area contributed by atoms with Gasteiger partial charge in [0.1, 0.15) is 5.52 Å². The van der Waals surface area contributed by atoms with Crippen LogP contribution in [0, 0.1) is 0 Å². The van der Waals surface area contributed by atoms with Crippen molar-refractivity contribution in [2.45, 2.75) is 0 Å². The normalized spacial score (nSPS) is 16.5. The van der Waals surface area contributed by atoms with E-state index in [1.807, 2.05) is 42.5 Å². The molecule has 0 unspecified atom stereocenters. The Labute approximate surface area is 128 Å². The van der Waals surface area contributed by atoms with E-state index in [0.29, 0.717) is 0 Å². The molecule has 3 aromatic heterocycles. The number of anilines is 1. The molecule has 0 aliphatic carbocycles. The summed E-state index contributed by atoms with van der Waals surface area (Å²) in [6.45, 7) is 4.22. The van der Waals surface area contributed by atoms with E-state index in [0.717, 1.165) is 43.0 Å². The standard InChI is InChI=1S/C15H19N7/c1-19-3-5-21(6-4-19)14-9-18-22-11-13(16-8-15(14)22)12-7-17-20(2)10-12/h7-11H,3-6H2,1-2H3. The van der Waals surface area contributed by atoms with Gasteiger partial charge in [0.15, 0.2) is 0 Å². The first kappa shape index (κ1) is 13.3. The summed E-state index contributed by atoms with van der Waals surface area (Å²) in [7, 11) is 4.07. The van der Waals surface area contributed by atoms with Crippen LogP contribution in [0.5, 0.6) is 0 Å². The first-order chi connectivity index (χ1) is 10.7. The molecular formula is C15H19N7. The molecule has 0 amide bonds. The highest BCUT2D eigenvalue weighted by Gasteiger charge is 2.18. The Hall–Kier alpha value is -2.41. The first-order valence-electron chi connectivity index (χ1n) is 7.46. The molecule has 0 atom stereocenters. The maximum atomic E-state index is 4.58. The highest BCUT2D eigenvalue weighted by Crippen LogP contribution is 2.24. The van der Waals surface area contributed by atoms with Gasteiger partial charge < -0.3 is 9.80 Å². The lowest BCUT2D eigenvalue weighted by molar-refractivity contribution is 0.313. The van der Waals surface area contributed by atoms with Gasteiger partial charge in [0.2, 0.25) is 0 Å². The summed E-state index contributed by atoms with van der Waals surface area (Å²) >= 11 is 0. The third-order valence-electron chi connectivity index (χ3n) is 4.23. The van der Waals surface area contributed by atoms with Crippen LogP contribution in [0.25, 0.3) is 16.8 Å². The Morgan fingerprint density at radius 3 is 2.45 bits per heavy atom. The van der Waals surface area contributed by atoms with Crippen LogP contribution < -0.4 is 4.90 Å². The largest absolute Gasteiger partial charge is 0.366 e. The minimum absolute atomic E-state index is 0.883. The van der Waals surface area contributed by atoms with E-state index in [1.54, 1.807) is 4.68 Å². The summed E-state index contributed by atoms with van der Waals surface area (Å²) in [5.74, 6) is 0. The van der Waals surface area contributed by atoms with E-state index in [2.05, 4.69) is 32.0 Å². The van der Waals surface area contributed by atoms with Gasteiger partial charge in [-0.3, -0.25) is 9.67 Å². The van der Waals surface area contributed by atoms with Gasteiger partial charge in [-0.2, -0.15) is 10.2 Å². The number of fused-ring (bicyclic) bond motifs is 1. The van der Waals surface area contributed by atoms with Crippen LogP contribution in [-0.4, -0.2) is 62.5 Å². The molecular weight excluding hydrogens is 278 g/mol. The van der Waals surface area contributed by atoms with E-state index < -0.39 is 0 Å². The maximum Gasteiger partial charge on any atom is 0.108 e. The van der Waals surface area contributed by atoms with Crippen LogP contribution in [0.2, 0.25) is 0 Å². The Morgan fingerprint density at radius 1 is 0.909 bits per heavy atom. The molecule has 0 bridgehead atoms.